The van der Waals surface area contributed by atoms with E-state index in [0.717, 1.165) is 0 Å². The number of hydrogen-bond donors (Lipinski definition) is 1. The van der Waals surface area contributed by atoms with E-state index in [2.05, 4.69) is 10.2 Å². The molecule has 3 rings (SSSR count). The van der Waals surface area contributed by atoms with Crippen molar-refractivity contribution in [2.45, 2.75) is 32.9 Å². The highest BCUT2D eigenvalue weighted by molar-refractivity contribution is 6.04. The summed E-state index contributed by atoms with van der Waals surface area (Å²) >= 11 is 0. The fourth-order valence-corrected chi connectivity index (χ4v) is 3.06. The molecule has 118 valence electrons. The van der Waals surface area contributed by atoms with Gasteiger partial charge in [-0.2, -0.15) is 4.39 Å². The van der Waals surface area contributed by atoms with Crippen molar-refractivity contribution in [1.29, 1.82) is 0 Å². The van der Waals surface area contributed by atoms with Crippen LogP contribution in [0.5, 0.6) is 5.75 Å². The average Bonchev–Trinajstić information content (AvgIpc) is 2.83. The normalized spacial score (nSPS) is 18.2. The third-order valence-electron chi connectivity index (χ3n) is 4.03. The van der Waals surface area contributed by atoms with Gasteiger partial charge in [0.25, 0.3) is 17.4 Å². The number of nitrogens with zero attached hydrogens (tertiary/aromatic N) is 3. The molecule has 0 fully saturated rings. The maximum absolute atomic E-state index is 14.2. The Balaban J connectivity index is 2.44. The van der Waals surface area contributed by atoms with E-state index < -0.39 is 11.5 Å². The average molecular weight is 308 g/mol. The van der Waals surface area contributed by atoms with E-state index in [4.69, 9.17) is 4.74 Å². The van der Waals surface area contributed by atoms with E-state index in [1.807, 2.05) is 20.8 Å². The molecule has 1 atom stereocenters. The third-order valence-corrected chi connectivity index (χ3v) is 4.03. The number of aromatic amines is 1. The Morgan fingerprint density at radius 2 is 2.09 bits per heavy atom. The Morgan fingerprint density at radius 3 is 2.68 bits per heavy atom. The molecular weight excluding hydrogens is 291 g/mol. The highest BCUT2D eigenvalue weighted by Crippen LogP contribution is 2.38. The highest BCUT2D eigenvalue weighted by Gasteiger charge is 2.38. The number of aromatic nitrogens is 3. The first-order valence-electron chi connectivity index (χ1n) is 7.05. The second-order valence-electron chi connectivity index (χ2n) is 5.72. The summed E-state index contributed by atoms with van der Waals surface area (Å²) in [7, 11) is 1.36. The van der Waals surface area contributed by atoms with Gasteiger partial charge in [0.15, 0.2) is 11.4 Å². The molecule has 0 bridgehead atoms. The monoisotopic (exact) mass is 308 g/mol. The molecule has 7 nitrogen and oxygen atoms in total. The second-order valence-corrected chi connectivity index (χ2v) is 5.72. The van der Waals surface area contributed by atoms with E-state index in [0.29, 0.717) is 6.54 Å². The number of fused-ring (bicyclic) bond motifs is 3. The van der Waals surface area contributed by atoms with E-state index in [9.17, 15) is 14.0 Å². The van der Waals surface area contributed by atoms with Crippen LogP contribution in [0.4, 0.5) is 4.39 Å². The van der Waals surface area contributed by atoms with Crippen molar-refractivity contribution < 1.29 is 13.9 Å². The van der Waals surface area contributed by atoms with Gasteiger partial charge in [-0.1, -0.05) is 0 Å². The minimum atomic E-state index is -0.822. The maximum Gasteiger partial charge on any atom is 0.277 e. The van der Waals surface area contributed by atoms with Crippen molar-refractivity contribution in [2.24, 2.45) is 0 Å². The second kappa shape index (κ2) is 4.82. The van der Waals surface area contributed by atoms with Gasteiger partial charge in [-0.25, -0.2) is 5.10 Å². The lowest BCUT2D eigenvalue weighted by Gasteiger charge is -2.36. The predicted molar refractivity (Wildman–Crippen MR) is 77.7 cm³/mol. The molecule has 0 aliphatic carbocycles. The predicted octanol–water partition coefficient (Wildman–Crippen LogP) is 1.30. The van der Waals surface area contributed by atoms with Crippen LogP contribution in [0.15, 0.2) is 4.79 Å². The fourth-order valence-electron chi connectivity index (χ4n) is 3.06. The topological polar surface area (TPSA) is 80.2 Å². The zero-order valence-electron chi connectivity index (χ0n) is 12.8. The van der Waals surface area contributed by atoms with Crippen LogP contribution in [0.2, 0.25) is 0 Å². The minimum Gasteiger partial charge on any atom is -0.493 e. The number of carbonyl (C=O) groups is 1. The maximum atomic E-state index is 14.2. The lowest BCUT2D eigenvalue weighted by atomic mass is 10.1. The molecule has 3 heterocycles. The van der Waals surface area contributed by atoms with Crippen molar-refractivity contribution in [1.82, 2.24) is 19.7 Å². The van der Waals surface area contributed by atoms with Crippen LogP contribution in [0.1, 0.15) is 37.3 Å². The van der Waals surface area contributed by atoms with Gasteiger partial charge in [-0.05, 0) is 20.8 Å². The van der Waals surface area contributed by atoms with Crippen LogP contribution in [-0.2, 0) is 0 Å². The lowest BCUT2D eigenvalue weighted by Crippen LogP contribution is -2.45. The SMILES string of the molecule is COc1c2n(c3c(F)n[nH]c(=O)c13)[C@@H](C)CN(C(C)C)C2=O. The molecule has 8 heteroatoms. The third kappa shape index (κ3) is 1.76. The van der Waals surface area contributed by atoms with Gasteiger partial charge in [0.05, 0.1) is 7.11 Å². The minimum absolute atomic E-state index is 0.00678. The number of amides is 1. The molecule has 22 heavy (non-hydrogen) atoms. The van der Waals surface area contributed by atoms with Crippen molar-refractivity contribution in [3.63, 3.8) is 0 Å². The molecule has 1 N–H and O–H groups in total. The van der Waals surface area contributed by atoms with Crippen LogP contribution in [-0.4, -0.2) is 45.3 Å². The molecule has 1 aliphatic heterocycles. The van der Waals surface area contributed by atoms with Crippen molar-refractivity contribution in [3.8, 4) is 5.75 Å². The van der Waals surface area contributed by atoms with E-state index in [-0.39, 0.29) is 40.3 Å². The number of hydrogen-bond acceptors (Lipinski definition) is 4. The van der Waals surface area contributed by atoms with Crippen LogP contribution >= 0.6 is 0 Å². The van der Waals surface area contributed by atoms with E-state index in [1.54, 1.807) is 4.90 Å². The first kappa shape index (κ1) is 14.6. The Bertz CT molecular complexity index is 824. The number of nitrogens with one attached hydrogen (secondary N) is 1. The van der Waals surface area contributed by atoms with Gasteiger partial charge in [0.2, 0.25) is 0 Å². The Morgan fingerprint density at radius 1 is 1.41 bits per heavy atom. The molecule has 0 radical (unpaired) electrons. The van der Waals surface area contributed by atoms with Crippen LogP contribution in [0.3, 0.4) is 0 Å². The molecular formula is C14H17FN4O3. The number of carbonyl (C=O) groups excluding carboxylic acids is 1. The Kier molecular flexibility index (Phi) is 3.19. The molecule has 0 saturated carbocycles. The summed E-state index contributed by atoms with van der Waals surface area (Å²) in [5.41, 5.74) is -0.367. The smallest absolute Gasteiger partial charge is 0.277 e. The molecule has 0 spiro atoms. The van der Waals surface area contributed by atoms with Crippen LogP contribution in [0, 0.1) is 5.95 Å². The van der Waals surface area contributed by atoms with Gasteiger partial charge in [-0.3, -0.25) is 9.59 Å². The first-order chi connectivity index (χ1) is 10.4. The number of H-pyrrole nitrogens is 1. The lowest BCUT2D eigenvalue weighted by molar-refractivity contribution is 0.0615. The fraction of sp³-hybridized carbons (Fsp3) is 0.500. The molecule has 0 unspecified atom stereocenters. The standard InChI is InChI=1S/C14H17FN4O3/c1-6(2)18-5-7(3)19-9-8(13(20)17-16-12(9)15)11(22-4)10(19)14(18)21/h6-7H,5H2,1-4H3,(H,17,20)/t7-/m0/s1. The van der Waals surface area contributed by atoms with E-state index >= 15 is 0 Å². The van der Waals surface area contributed by atoms with Gasteiger partial charge in [-0.15, -0.1) is 5.10 Å². The zero-order chi connectivity index (χ0) is 16.2. The van der Waals surface area contributed by atoms with Gasteiger partial charge in [0.1, 0.15) is 10.9 Å². The summed E-state index contributed by atoms with van der Waals surface area (Å²) in [6, 6.07) is -0.202. The molecule has 1 aliphatic rings. The van der Waals surface area contributed by atoms with E-state index in [1.165, 1.54) is 11.7 Å². The highest BCUT2D eigenvalue weighted by atomic mass is 19.1. The summed E-state index contributed by atoms with van der Waals surface area (Å²) in [5.74, 6) is -1.00. The molecule has 0 aromatic carbocycles. The number of rotatable bonds is 2. The summed E-state index contributed by atoms with van der Waals surface area (Å²) in [4.78, 5) is 26.5. The van der Waals surface area contributed by atoms with Crippen molar-refractivity contribution in [2.75, 3.05) is 13.7 Å². The molecule has 1 amide bonds. The van der Waals surface area contributed by atoms with Gasteiger partial charge < -0.3 is 14.2 Å². The van der Waals surface area contributed by atoms with Crippen LogP contribution in [0.25, 0.3) is 10.9 Å². The number of ether oxygens (including phenoxy) is 1. The summed E-state index contributed by atoms with van der Waals surface area (Å²) in [6.07, 6.45) is 0. The number of methoxy groups -OCH3 is 1. The van der Waals surface area contributed by atoms with Crippen molar-refractivity contribution in [3.05, 3.63) is 22.0 Å². The zero-order valence-corrected chi connectivity index (χ0v) is 12.8. The first-order valence-corrected chi connectivity index (χ1v) is 7.05. The molecule has 2 aromatic rings. The summed E-state index contributed by atoms with van der Waals surface area (Å²) in [6.45, 7) is 6.11. The van der Waals surface area contributed by atoms with Crippen molar-refractivity contribution >= 4 is 16.8 Å². The summed E-state index contributed by atoms with van der Waals surface area (Å²) < 4.78 is 21.0. The van der Waals surface area contributed by atoms with Gasteiger partial charge in [0, 0.05) is 18.6 Å². The largest absolute Gasteiger partial charge is 0.493 e. The van der Waals surface area contributed by atoms with Crippen LogP contribution < -0.4 is 10.3 Å². The number of halogens is 1. The molecule has 2 aromatic heterocycles. The summed E-state index contributed by atoms with van der Waals surface area (Å²) in [5, 5.41) is 5.49. The Hall–Kier alpha value is -2.38. The van der Waals surface area contributed by atoms with Gasteiger partial charge >= 0.3 is 0 Å². The quantitative estimate of drug-likeness (QED) is 0.907. The molecule has 0 saturated heterocycles. The Labute approximate surface area is 125 Å².